The number of carbonyl (C=O) groups excluding carboxylic acids is 1. The van der Waals surface area contributed by atoms with Gasteiger partial charge in [-0.25, -0.2) is 0 Å². The van der Waals surface area contributed by atoms with Crippen LogP contribution in [0.5, 0.6) is 0 Å². The van der Waals surface area contributed by atoms with E-state index in [2.05, 4.69) is 65.6 Å². The second kappa shape index (κ2) is 10.4. The smallest absolute Gasteiger partial charge is 0.172 e. The lowest BCUT2D eigenvalue weighted by molar-refractivity contribution is -0.120. The second-order valence-electron chi connectivity index (χ2n) is 6.98. The van der Waals surface area contributed by atoms with Crippen LogP contribution in [-0.2, 0) is 24.3 Å². The van der Waals surface area contributed by atoms with Crippen LogP contribution in [-0.4, -0.2) is 16.7 Å². The monoisotopic (exact) mass is 369 g/mol. The van der Waals surface area contributed by atoms with E-state index in [9.17, 15) is 4.79 Å². The highest BCUT2D eigenvalue weighted by molar-refractivity contribution is 5.94. The second-order valence-corrected chi connectivity index (χ2v) is 6.98. The van der Waals surface area contributed by atoms with Gasteiger partial charge in [0, 0.05) is 13.1 Å². The first kappa shape index (κ1) is 19.8. The molecule has 3 aromatic carbocycles. The number of benzene rings is 3. The number of nitrogens with zero attached hydrogens (tertiary/aromatic N) is 1. The van der Waals surface area contributed by atoms with E-state index in [4.69, 9.17) is 0 Å². The van der Waals surface area contributed by atoms with Gasteiger partial charge in [-0.05, 0) is 36.1 Å². The molecule has 0 aliphatic carbocycles. The van der Waals surface area contributed by atoms with Crippen molar-refractivity contribution in [3.05, 3.63) is 120 Å². The topological polar surface area (TPSA) is 20.3 Å². The molecule has 28 heavy (non-hydrogen) atoms. The van der Waals surface area contributed by atoms with Gasteiger partial charge in [0.2, 0.25) is 0 Å². The van der Waals surface area contributed by atoms with Crippen LogP contribution >= 0.6 is 0 Å². The summed E-state index contributed by atoms with van der Waals surface area (Å²) in [5.41, 5.74) is 3.60. The van der Waals surface area contributed by atoms with Crippen LogP contribution < -0.4 is 0 Å². The Labute approximate surface area is 168 Å². The fourth-order valence-corrected chi connectivity index (χ4v) is 3.43. The molecule has 0 fully saturated rings. The summed E-state index contributed by atoms with van der Waals surface area (Å²) in [5.74, 6) is 0.151. The first-order valence-corrected chi connectivity index (χ1v) is 9.78. The van der Waals surface area contributed by atoms with Crippen LogP contribution in [0.3, 0.4) is 0 Å². The van der Waals surface area contributed by atoms with Gasteiger partial charge in [0.05, 0.1) is 6.04 Å². The lowest BCUT2D eigenvalue weighted by Crippen LogP contribution is -2.41. The molecule has 1 atom stereocenters. The summed E-state index contributed by atoms with van der Waals surface area (Å²) < 4.78 is 0. The molecule has 0 unspecified atom stereocenters. The van der Waals surface area contributed by atoms with Gasteiger partial charge in [-0.15, -0.1) is 0 Å². The number of allylic oxidation sites excluding steroid dienone is 1. The van der Waals surface area contributed by atoms with Crippen molar-refractivity contribution in [1.29, 1.82) is 0 Å². The van der Waals surface area contributed by atoms with Crippen molar-refractivity contribution >= 4 is 5.78 Å². The number of carbonyl (C=O) groups is 1. The molecule has 0 saturated carbocycles. The maximum absolute atomic E-state index is 13.0. The third-order valence-electron chi connectivity index (χ3n) is 4.83. The van der Waals surface area contributed by atoms with Gasteiger partial charge in [-0.2, -0.15) is 0 Å². The molecule has 142 valence electrons. The molecular weight excluding hydrogens is 342 g/mol. The Morgan fingerprint density at radius 1 is 0.750 bits per heavy atom. The molecule has 0 saturated heterocycles. The molecule has 0 aliphatic heterocycles. The molecule has 0 spiro atoms. The fraction of sp³-hybridized carbons (Fsp3) is 0.192. The van der Waals surface area contributed by atoms with Gasteiger partial charge in [0.15, 0.2) is 5.78 Å². The number of hydrogen-bond donors (Lipinski definition) is 0. The van der Waals surface area contributed by atoms with Gasteiger partial charge >= 0.3 is 0 Å². The van der Waals surface area contributed by atoms with Crippen molar-refractivity contribution in [2.75, 3.05) is 0 Å². The third kappa shape index (κ3) is 5.77. The molecule has 2 nitrogen and oxygen atoms in total. The highest BCUT2D eigenvalue weighted by Gasteiger charge is 2.25. The first-order valence-electron chi connectivity index (χ1n) is 9.78. The minimum Gasteiger partial charge on any atom is -0.293 e. The van der Waals surface area contributed by atoms with Crippen molar-refractivity contribution in [1.82, 2.24) is 4.90 Å². The highest BCUT2D eigenvalue weighted by Crippen LogP contribution is 2.18. The predicted octanol–water partition coefficient (Wildman–Crippen LogP) is 5.45. The molecule has 3 rings (SSSR count). The zero-order valence-electron chi connectivity index (χ0n) is 16.4. The minimum atomic E-state index is -0.209. The summed E-state index contributed by atoms with van der Waals surface area (Å²) in [6, 6.07) is 30.8. The van der Waals surface area contributed by atoms with Gasteiger partial charge in [-0.1, -0.05) is 97.1 Å². The van der Waals surface area contributed by atoms with Crippen molar-refractivity contribution in [3.63, 3.8) is 0 Å². The summed E-state index contributed by atoms with van der Waals surface area (Å²) in [6.45, 7) is 3.36. The average Bonchev–Trinajstić information content (AvgIpc) is 2.74. The maximum atomic E-state index is 13.0. The van der Waals surface area contributed by atoms with Gasteiger partial charge in [0.25, 0.3) is 0 Å². The molecule has 0 amide bonds. The van der Waals surface area contributed by atoms with E-state index in [1.165, 1.54) is 16.7 Å². The standard InChI is InChI=1S/C26H27NO/c1-2-12-26(28)25(19-22-13-6-3-7-14-22)27(20-23-15-8-4-9-16-23)21-24-17-10-5-11-18-24/h2-18,25H,19-21H2,1H3/t25-/m0/s1. The van der Waals surface area contributed by atoms with E-state index in [1.54, 1.807) is 6.08 Å². The van der Waals surface area contributed by atoms with Crippen LogP contribution in [0.25, 0.3) is 0 Å². The van der Waals surface area contributed by atoms with Crippen LogP contribution in [0, 0.1) is 0 Å². The summed E-state index contributed by atoms with van der Waals surface area (Å²) in [4.78, 5) is 15.3. The van der Waals surface area contributed by atoms with E-state index in [0.717, 1.165) is 13.1 Å². The average molecular weight is 370 g/mol. The number of hydrogen-bond acceptors (Lipinski definition) is 2. The molecule has 0 aliphatic rings. The Bertz CT molecular complexity index is 831. The predicted molar refractivity (Wildman–Crippen MR) is 116 cm³/mol. The van der Waals surface area contributed by atoms with Crippen molar-refractivity contribution in [3.8, 4) is 0 Å². The Kier molecular flexibility index (Phi) is 7.34. The summed E-state index contributed by atoms with van der Waals surface area (Å²) in [5, 5.41) is 0. The van der Waals surface area contributed by atoms with E-state index in [-0.39, 0.29) is 11.8 Å². The molecule has 0 heterocycles. The lowest BCUT2D eigenvalue weighted by Gasteiger charge is -2.30. The summed E-state index contributed by atoms with van der Waals surface area (Å²) in [7, 11) is 0. The Morgan fingerprint density at radius 3 is 1.61 bits per heavy atom. The number of rotatable bonds is 9. The molecule has 0 aromatic heterocycles. The van der Waals surface area contributed by atoms with Crippen LogP contribution in [0.4, 0.5) is 0 Å². The van der Waals surface area contributed by atoms with Gasteiger partial charge < -0.3 is 0 Å². The maximum Gasteiger partial charge on any atom is 0.172 e. The van der Waals surface area contributed by atoms with Gasteiger partial charge in [-0.3, -0.25) is 9.69 Å². The lowest BCUT2D eigenvalue weighted by atomic mass is 9.98. The Morgan fingerprint density at radius 2 is 1.18 bits per heavy atom. The SMILES string of the molecule is CC=CC(=O)[C@H](Cc1ccccc1)N(Cc1ccccc1)Cc1ccccc1. The molecular formula is C26H27NO. The van der Waals surface area contributed by atoms with Crippen molar-refractivity contribution in [2.24, 2.45) is 0 Å². The molecule has 0 radical (unpaired) electrons. The largest absolute Gasteiger partial charge is 0.293 e. The Hall–Kier alpha value is -2.97. The van der Waals surface area contributed by atoms with E-state index < -0.39 is 0 Å². The zero-order valence-corrected chi connectivity index (χ0v) is 16.4. The van der Waals surface area contributed by atoms with E-state index in [0.29, 0.717) is 6.42 Å². The van der Waals surface area contributed by atoms with Crippen LogP contribution in [0.1, 0.15) is 23.6 Å². The zero-order chi connectivity index (χ0) is 19.6. The first-order chi connectivity index (χ1) is 13.8. The quantitative estimate of drug-likeness (QED) is 0.468. The van der Waals surface area contributed by atoms with E-state index in [1.807, 2.05) is 43.3 Å². The molecule has 3 aromatic rings. The fourth-order valence-electron chi connectivity index (χ4n) is 3.43. The van der Waals surface area contributed by atoms with Gasteiger partial charge in [0.1, 0.15) is 0 Å². The third-order valence-corrected chi connectivity index (χ3v) is 4.83. The molecule has 0 N–H and O–H groups in total. The van der Waals surface area contributed by atoms with Crippen LogP contribution in [0.2, 0.25) is 0 Å². The minimum absolute atomic E-state index is 0.151. The molecule has 0 bridgehead atoms. The summed E-state index contributed by atoms with van der Waals surface area (Å²) in [6.07, 6.45) is 4.24. The normalized spacial score (nSPS) is 12.4. The molecule has 2 heteroatoms. The van der Waals surface area contributed by atoms with Crippen molar-refractivity contribution in [2.45, 2.75) is 32.5 Å². The Balaban J connectivity index is 1.92. The highest BCUT2D eigenvalue weighted by atomic mass is 16.1. The number of ketones is 1. The van der Waals surface area contributed by atoms with Crippen LogP contribution in [0.15, 0.2) is 103 Å². The van der Waals surface area contributed by atoms with E-state index >= 15 is 0 Å². The summed E-state index contributed by atoms with van der Waals surface area (Å²) >= 11 is 0. The van der Waals surface area contributed by atoms with Crippen molar-refractivity contribution < 1.29 is 4.79 Å².